The molecule has 1 atom stereocenters. The number of hydrogen-bond donors (Lipinski definition) is 0. The van der Waals surface area contributed by atoms with Gasteiger partial charge in [0.25, 0.3) is 0 Å². The van der Waals surface area contributed by atoms with E-state index in [0.29, 0.717) is 11.1 Å². The Labute approximate surface area is 129 Å². The van der Waals surface area contributed by atoms with Gasteiger partial charge in [0, 0.05) is 28.4 Å². The molecule has 0 aliphatic carbocycles. The zero-order chi connectivity index (χ0) is 12.3. The third-order valence-electron chi connectivity index (χ3n) is 2.25. The van der Waals surface area contributed by atoms with Gasteiger partial charge in [-0.3, -0.25) is 14.0 Å². The zero-order valence-corrected chi connectivity index (χ0v) is 12.5. The average molecular weight is 269 g/mol. The van der Waals surface area contributed by atoms with E-state index in [-0.39, 0.29) is 40.2 Å². The topological polar surface area (TPSA) is 70.1 Å². The van der Waals surface area contributed by atoms with Gasteiger partial charge in [-0.05, 0) is 47.5 Å². The van der Waals surface area contributed by atoms with Crippen molar-refractivity contribution in [2.24, 2.45) is 0 Å². The molecule has 1 aromatic carbocycles. The number of aromatic nitrogens is 1. The zero-order valence-electron chi connectivity index (χ0n) is 9.70. The Morgan fingerprint density at radius 1 is 1.00 bits per heavy atom. The summed E-state index contributed by atoms with van der Waals surface area (Å²) in [4.78, 5) is 15.9. The second kappa shape index (κ2) is 6.92. The molecule has 0 saturated carbocycles. The Balaban J connectivity index is 0.00000162. The van der Waals surface area contributed by atoms with E-state index in [2.05, 4.69) is 4.98 Å². The van der Waals surface area contributed by atoms with Gasteiger partial charge in [-0.15, -0.1) is 0 Å². The maximum Gasteiger partial charge on any atom is 1.00 e. The maximum atomic E-state index is 11.9. The van der Waals surface area contributed by atoms with Crippen molar-refractivity contribution in [3.63, 3.8) is 0 Å². The van der Waals surface area contributed by atoms with Gasteiger partial charge in [-0.25, -0.2) is 0 Å². The van der Waals surface area contributed by atoms with E-state index < -0.39 is 11.1 Å². The van der Waals surface area contributed by atoms with Crippen molar-refractivity contribution in [2.45, 2.75) is 4.90 Å². The Hall–Kier alpha value is -0.850. The fraction of sp³-hybridized carbons (Fsp3) is 0. The van der Waals surface area contributed by atoms with Gasteiger partial charge in [0.15, 0.2) is 5.78 Å². The molecule has 1 aromatic heterocycles. The van der Waals surface area contributed by atoms with E-state index >= 15 is 0 Å². The quantitative estimate of drug-likeness (QED) is 0.388. The van der Waals surface area contributed by atoms with Crippen LogP contribution in [0.5, 0.6) is 0 Å². The van der Waals surface area contributed by atoms with Gasteiger partial charge < -0.3 is 4.55 Å². The molecule has 86 valence electrons. The SMILES string of the molecule is O=C(c1ccncc1)c1ccc(S(=O)[O-])cc1.[Na+]. The van der Waals surface area contributed by atoms with E-state index in [0.717, 1.165) is 0 Å². The van der Waals surface area contributed by atoms with Gasteiger partial charge in [-0.2, -0.15) is 0 Å². The number of pyridine rings is 1. The standard InChI is InChI=1S/C12H9NO3S.Na/c14-12(10-5-7-13-8-6-10)9-1-3-11(4-2-9)17(15)16;/h1-8H,(H,15,16);/q;+1/p-1. The first-order valence-electron chi connectivity index (χ1n) is 4.82. The molecule has 0 aliphatic heterocycles. The van der Waals surface area contributed by atoms with Crippen LogP contribution in [0.3, 0.4) is 0 Å². The number of rotatable bonds is 3. The number of carbonyl (C=O) groups is 1. The fourth-order valence-electron chi connectivity index (χ4n) is 1.39. The van der Waals surface area contributed by atoms with Crippen LogP contribution in [0.1, 0.15) is 15.9 Å². The summed E-state index contributed by atoms with van der Waals surface area (Å²) in [5.74, 6) is -0.157. The number of nitrogens with zero attached hydrogens (tertiary/aromatic N) is 1. The minimum absolute atomic E-state index is 0. The van der Waals surface area contributed by atoms with Crippen molar-refractivity contribution in [3.05, 3.63) is 59.9 Å². The molecular formula is C12H8NNaO3S. The number of carbonyl (C=O) groups excluding carboxylic acids is 1. The van der Waals surface area contributed by atoms with E-state index in [1.54, 1.807) is 12.1 Å². The molecule has 1 unspecified atom stereocenters. The van der Waals surface area contributed by atoms with Crippen LogP contribution in [0.15, 0.2) is 53.7 Å². The average Bonchev–Trinajstić information content (AvgIpc) is 2.39. The molecule has 0 N–H and O–H groups in total. The van der Waals surface area contributed by atoms with Crippen molar-refractivity contribution in [1.29, 1.82) is 0 Å². The predicted octanol–water partition coefficient (Wildman–Crippen LogP) is -1.45. The van der Waals surface area contributed by atoms with Gasteiger partial charge in [0.2, 0.25) is 0 Å². The Kier molecular flexibility index (Phi) is 5.84. The van der Waals surface area contributed by atoms with Crippen molar-refractivity contribution in [3.8, 4) is 0 Å². The van der Waals surface area contributed by atoms with Gasteiger partial charge in [0.05, 0.1) is 0 Å². The number of ketones is 1. The number of hydrogen-bond acceptors (Lipinski definition) is 4. The molecule has 0 aliphatic rings. The maximum absolute atomic E-state index is 11.9. The largest absolute Gasteiger partial charge is 1.00 e. The van der Waals surface area contributed by atoms with Crippen LogP contribution < -0.4 is 29.6 Å². The molecule has 0 fully saturated rings. The van der Waals surface area contributed by atoms with Crippen LogP contribution in [-0.2, 0) is 11.1 Å². The fourth-order valence-corrected chi connectivity index (χ4v) is 1.75. The summed E-state index contributed by atoms with van der Waals surface area (Å²) in [5, 5.41) is 0. The summed E-state index contributed by atoms with van der Waals surface area (Å²) in [6.45, 7) is 0. The second-order valence-corrected chi connectivity index (χ2v) is 4.26. The number of benzene rings is 1. The van der Waals surface area contributed by atoms with Crippen molar-refractivity contribution in [1.82, 2.24) is 4.98 Å². The molecule has 0 spiro atoms. The van der Waals surface area contributed by atoms with Crippen LogP contribution in [-0.4, -0.2) is 19.5 Å². The van der Waals surface area contributed by atoms with Crippen molar-refractivity contribution in [2.75, 3.05) is 0 Å². The van der Waals surface area contributed by atoms with E-state index in [1.807, 2.05) is 0 Å². The summed E-state index contributed by atoms with van der Waals surface area (Å²) in [6.07, 6.45) is 3.07. The monoisotopic (exact) mass is 269 g/mol. The molecule has 0 bridgehead atoms. The molecule has 0 saturated heterocycles. The molecule has 4 nitrogen and oxygen atoms in total. The molecular weight excluding hydrogens is 261 g/mol. The van der Waals surface area contributed by atoms with E-state index in [9.17, 15) is 13.6 Å². The molecule has 18 heavy (non-hydrogen) atoms. The summed E-state index contributed by atoms with van der Waals surface area (Å²) in [7, 11) is 0. The van der Waals surface area contributed by atoms with Crippen LogP contribution in [0.4, 0.5) is 0 Å². The molecule has 0 radical (unpaired) electrons. The van der Waals surface area contributed by atoms with Crippen LogP contribution in [0.2, 0.25) is 0 Å². The summed E-state index contributed by atoms with van der Waals surface area (Å²) in [6, 6.07) is 9.01. The Bertz CT molecular complexity index is 557. The smallest absolute Gasteiger partial charge is 0.768 e. The minimum atomic E-state index is -2.27. The predicted molar refractivity (Wildman–Crippen MR) is 61.3 cm³/mol. The van der Waals surface area contributed by atoms with Gasteiger partial charge in [0.1, 0.15) is 0 Å². The Morgan fingerprint density at radius 2 is 1.50 bits per heavy atom. The first-order valence-corrected chi connectivity index (χ1v) is 5.90. The molecule has 2 aromatic rings. The van der Waals surface area contributed by atoms with Crippen LogP contribution >= 0.6 is 0 Å². The summed E-state index contributed by atoms with van der Waals surface area (Å²) in [5.41, 5.74) is 0.974. The van der Waals surface area contributed by atoms with E-state index in [4.69, 9.17) is 0 Å². The van der Waals surface area contributed by atoms with Crippen LogP contribution in [0.25, 0.3) is 0 Å². The normalized spacial score (nSPS) is 11.4. The first-order chi connectivity index (χ1) is 8.18. The van der Waals surface area contributed by atoms with Crippen molar-refractivity contribution >= 4 is 16.9 Å². The van der Waals surface area contributed by atoms with Crippen LogP contribution in [0, 0.1) is 0 Å². The summed E-state index contributed by atoms with van der Waals surface area (Å²) < 4.78 is 21.3. The first kappa shape index (κ1) is 15.2. The summed E-state index contributed by atoms with van der Waals surface area (Å²) >= 11 is -2.27. The van der Waals surface area contributed by atoms with Crippen molar-refractivity contribution < 1.29 is 43.1 Å². The minimum Gasteiger partial charge on any atom is -0.768 e. The van der Waals surface area contributed by atoms with Gasteiger partial charge in [-0.1, -0.05) is 0 Å². The molecule has 6 heteroatoms. The second-order valence-electron chi connectivity index (χ2n) is 3.32. The van der Waals surface area contributed by atoms with E-state index in [1.165, 1.54) is 36.7 Å². The Morgan fingerprint density at radius 3 is 2.00 bits per heavy atom. The molecule has 1 heterocycles. The third-order valence-corrected chi connectivity index (χ3v) is 2.91. The third kappa shape index (κ3) is 3.57. The molecule has 2 rings (SSSR count). The molecule has 0 amide bonds. The van der Waals surface area contributed by atoms with Gasteiger partial charge >= 0.3 is 29.6 Å².